The predicted molar refractivity (Wildman–Crippen MR) is 68.5 cm³/mol. The summed E-state index contributed by atoms with van der Waals surface area (Å²) in [5, 5.41) is 3.25. The summed E-state index contributed by atoms with van der Waals surface area (Å²) in [6.07, 6.45) is 1.18. The van der Waals surface area contributed by atoms with E-state index in [1.165, 1.54) is 6.07 Å². The number of benzene rings is 1. The van der Waals surface area contributed by atoms with Gasteiger partial charge in [0.2, 0.25) is 0 Å². The van der Waals surface area contributed by atoms with Gasteiger partial charge in [0.05, 0.1) is 18.8 Å². The number of nitrogens with one attached hydrogen (secondary N) is 1. The van der Waals surface area contributed by atoms with E-state index in [4.69, 9.17) is 4.74 Å². The first-order chi connectivity index (χ1) is 8.19. The van der Waals surface area contributed by atoms with Crippen LogP contribution in [0.5, 0.6) is 0 Å². The summed E-state index contributed by atoms with van der Waals surface area (Å²) in [5.74, 6) is -0.175. The summed E-state index contributed by atoms with van der Waals surface area (Å²) in [5.41, 5.74) is 0.678. The molecule has 2 atom stereocenters. The van der Waals surface area contributed by atoms with Crippen LogP contribution in [-0.2, 0) is 4.74 Å². The molecule has 0 spiro atoms. The van der Waals surface area contributed by atoms with E-state index in [0.29, 0.717) is 12.2 Å². The van der Waals surface area contributed by atoms with Crippen molar-refractivity contribution >= 4 is 0 Å². The smallest absolute Gasteiger partial charge is 0.128 e. The molecule has 1 rings (SSSR count). The molecular formula is C14H22FNO. The zero-order valence-corrected chi connectivity index (χ0v) is 10.9. The quantitative estimate of drug-likeness (QED) is 0.788. The van der Waals surface area contributed by atoms with Crippen LogP contribution in [-0.4, -0.2) is 19.3 Å². The maximum atomic E-state index is 13.7. The molecule has 1 aromatic rings. The minimum atomic E-state index is -0.175. The fourth-order valence-electron chi connectivity index (χ4n) is 1.64. The number of hydrogen-bond donors (Lipinski definition) is 1. The SMILES string of the molecule is CCNC(COC(C)CC)c1ccccc1F. The van der Waals surface area contributed by atoms with Gasteiger partial charge in [0, 0.05) is 5.56 Å². The molecular weight excluding hydrogens is 217 g/mol. The third-order valence-electron chi connectivity index (χ3n) is 2.85. The van der Waals surface area contributed by atoms with Crippen molar-refractivity contribution in [2.24, 2.45) is 0 Å². The molecule has 0 saturated carbocycles. The first-order valence-corrected chi connectivity index (χ1v) is 6.28. The molecule has 0 amide bonds. The van der Waals surface area contributed by atoms with Gasteiger partial charge in [-0.2, -0.15) is 0 Å². The zero-order valence-electron chi connectivity index (χ0n) is 10.9. The lowest BCUT2D eigenvalue weighted by molar-refractivity contribution is 0.0470. The monoisotopic (exact) mass is 239 g/mol. The molecule has 1 aromatic carbocycles. The lowest BCUT2D eigenvalue weighted by atomic mass is 10.1. The van der Waals surface area contributed by atoms with Crippen molar-refractivity contribution in [3.8, 4) is 0 Å². The van der Waals surface area contributed by atoms with Gasteiger partial charge in [-0.25, -0.2) is 4.39 Å². The Kier molecular flexibility index (Phi) is 6.16. The van der Waals surface area contributed by atoms with Gasteiger partial charge in [0.15, 0.2) is 0 Å². The molecule has 0 saturated heterocycles. The van der Waals surface area contributed by atoms with E-state index < -0.39 is 0 Å². The Morgan fingerprint density at radius 2 is 2.00 bits per heavy atom. The molecule has 0 aromatic heterocycles. The zero-order chi connectivity index (χ0) is 12.7. The summed E-state index contributed by atoms with van der Waals surface area (Å²) in [4.78, 5) is 0. The summed E-state index contributed by atoms with van der Waals surface area (Å²) >= 11 is 0. The molecule has 0 heterocycles. The van der Waals surface area contributed by atoms with Crippen LogP contribution in [0.3, 0.4) is 0 Å². The second-order valence-electron chi connectivity index (χ2n) is 4.18. The Hall–Kier alpha value is -0.930. The topological polar surface area (TPSA) is 21.3 Å². The van der Waals surface area contributed by atoms with E-state index in [1.807, 2.05) is 26.0 Å². The van der Waals surface area contributed by atoms with E-state index in [2.05, 4.69) is 12.2 Å². The maximum absolute atomic E-state index is 13.7. The Morgan fingerprint density at radius 1 is 1.29 bits per heavy atom. The molecule has 2 unspecified atom stereocenters. The van der Waals surface area contributed by atoms with Gasteiger partial charge in [-0.3, -0.25) is 0 Å². The van der Waals surface area contributed by atoms with Gasteiger partial charge in [-0.05, 0) is 26.0 Å². The molecule has 1 N–H and O–H groups in total. The second kappa shape index (κ2) is 7.41. The Balaban J connectivity index is 2.68. The normalized spacial score (nSPS) is 14.6. The number of rotatable bonds is 7. The van der Waals surface area contributed by atoms with Crippen molar-refractivity contribution in [3.63, 3.8) is 0 Å². The average molecular weight is 239 g/mol. The van der Waals surface area contributed by atoms with Crippen LogP contribution in [0.4, 0.5) is 4.39 Å². The highest BCUT2D eigenvalue weighted by Gasteiger charge is 2.15. The number of likely N-dealkylation sites (N-methyl/N-ethyl adjacent to an activating group) is 1. The molecule has 0 bridgehead atoms. The van der Waals surface area contributed by atoms with Gasteiger partial charge in [0.25, 0.3) is 0 Å². The van der Waals surface area contributed by atoms with Crippen LogP contribution in [0, 0.1) is 5.82 Å². The third-order valence-corrected chi connectivity index (χ3v) is 2.85. The lowest BCUT2D eigenvalue weighted by Crippen LogP contribution is -2.27. The summed E-state index contributed by atoms with van der Waals surface area (Å²) < 4.78 is 19.4. The molecule has 96 valence electrons. The van der Waals surface area contributed by atoms with Gasteiger partial charge < -0.3 is 10.1 Å². The Bertz CT molecular complexity index is 330. The molecule has 0 aliphatic carbocycles. The van der Waals surface area contributed by atoms with Crippen LogP contribution >= 0.6 is 0 Å². The number of hydrogen-bond acceptors (Lipinski definition) is 2. The summed E-state index contributed by atoms with van der Waals surface area (Å²) in [6.45, 7) is 7.42. The van der Waals surface area contributed by atoms with Gasteiger partial charge in [0.1, 0.15) is 5.82 Å². The highest BCUT2D eigenvalue weighted by Crippen LogP contribution is 2.17. The van der Waals surface area contributed by atoms with E-state index in [1.54, 1.807) is 6.07 Å². The minimum absolute atomic E-state index is 0.0739. The van der Waals surface area contributed by atoms with Crippen LogP contribution in [0.15, 0.2) is 24.3 Å². The van der Waals surface area contributed by atoms with Crippen molar-refractivity contribution in [3.05, 3.63) is 35.6 Å². The van der Waals surface area contributed by atoms with E-state index >= 15 is 0 Å². The van der Waals surface area contributed by atoms with Crippen LogP contribution < -0.4 is 5.32 Å². The van der Waals surface area contributed by atoms with Crippen molar-refractivity contribution in [2.45, 2.75) is 39.3 Å². The Morgan fingerprint density at radius 3 is 2.59 bits per heavy atom. The summed E-state index contributed by atoms with van der Waals surface area (Å²) in [6, 6.07) is 6.78. The van der Waals surface area contributed by atoms with Crippen LogP contribution in [0.1, 0.15) is 38.8 Å². The van der Waals surface area contributed by atoms with E-state index in [9.17, 15) is 4.39 Å². The van der Waals surface area contributed by atoms with E-state index in [0.717, 1.165) is 13.0 Å². The summed E-state index contributed by atoms with van der Waals surface area (Å²) in [7, 11) is 0. The molecule has 0 aliphatic rings. The molecule has 2 nitrogen and oxygen atoms in total. The van der Waals surface area contributed by atoms with Gasteiger partial charge in [-0.1, -0.05) is 32.0 Å². The van der Waals surface area contributed by atoms with Crippen LogP contribution in [0.2, 0.25) is 0 Å². The van der Waals surface area contributed by atoms with E-state index in [-0.39, 0.29) is 18.0 Å². The lowest BCUT2D eigenvalue weighted by Gasteiger charge is -2.21. The standard InChI is InChI=1S/C14H22FNO/c1-4-11(3)17-10-14(16-5-2)12-8-6-7-9-13(12)15/h6-9,11,14,16H,4-5,10H2,1-3H3. The first-order valence-electron chi connectivity index (χ1n) is 6.28. The van der Waals surface area contributed by atoms with Gasteiger partial charge in [-0.15, -0.1) is 0 Å². The van der Waals surface area contributed by atoms with Crippen molar-refractivity contribution < 1.29 is 9.13 Å². The van der Waals surface area contributed by atoms with Crippen molar-refractivity contribution in [2.75, 3.05) is 13.2 Å². The fraction of sp³-hybridized carbons (Fsp3) is 0.571. The van der Waals surface area contributed by atoms with Crippen molar-refractivity contribution in [1.82, 2.24) is 5.32 Å². The largest absolute Gasteiger partial charge is 0.377 e. The first kappa shape index (κ1) is 14.1. The number of halogens is 1. The highest BCUT2D eigenvalue weighted by molar-refractivity contribution is 5.21. The molecule has 0 aliphatic heterocycles. The maximum Gasteiger partial charge on any atom is 0.128 e. The minimum Gasteiger partial charge on any atom is -0.377 e. The average Bonchev–Trinajstić information content (AvgIpc) is 2.35. The molecule has 3 heteroatoms. The van der Waals surface area contributed by atoms with Crippen LogP contribution in [0.25, 0.3) is 0 Å². The third kappa shape index (κ3) is 4.44. The second-order valence-corrected chi connectivity index (χ2v) is 4.18. The molecule has 0 fully saturated rings. The fourth-order valence-corrected chi connectivity index (χ4v) is 1.64. The molecule has 17 heavy (non-hydrogen) atoms. The molecule has 0 radical (unpaired) electrons. The number of ether oxygens (including phenoxy) is 1. The highest BCUT2D eigenvalue weighted by atomic mass is 19.1. The Labute approximate surface area is 103 Å². The predicted octanol–water partition coefficient (Wildman–Crippen LogP) is 3.29. The van der Waals surface area contributed by atoms with Crippen molar-refractivity contribution in [1.29, 1.82) is 0 Å². The van der Waals surface area contributed by atoms with Gasteiger partial charge >= 0.3 is 0 Å².